The van der Waals surface area contributed by atoms with Gasteiger partial charge in [-0.15, -0.1) is 0 Å². The Morgan fingerprint density at radius 3 is 3.05 bits per heavy atom. The Morgan fingerprint density at radius 1 is 1.35 bits per heavy atom. The van der Waals surface area contributed by atoms with Gasteiger partial charge in [0, 0.05) is 10.0 Å². The van der Waals surface area contributed by atoms with Gasteiger partial charge < -0.3 is 0 Å². The molecule has 0 saturated heterocycles. The van der Waals surface area contributed by atoms with Gasteiger partial charge in [-0.3, -0.25) is 4.57 Å². The van der Waals surface area contributed by atoms with Crippen LogP contribution in [0.15, 0.2) is 29.0 Å². The van der Waals surface area contributed by atoms with E-state index >= 15 is 0 Å². The van der Waals surface area contributed by atoms with Crippen molar-refractivity contribution in [3.63, 3.8) is 0 Å². The van der Waals surface area contributed by atoms with Gasteiger partial charge in [0.15, 0.2) is 11.0 Å². The topological polar surface area (TPSA) is 48.5 Å². The lowest BCUT2D eigenvalue weighted by molar-refractivity contribution is 0.671. The zero-order chi connectivity index (χ0) is 13.9. The summed E-state index contributed by atoms with van der Waals surface area (Å²) in [6.45, 7) is 2.44. The van der Waals surface area contributed by atoms with Crippen LogP contribution in [0.3, 0.4) is 0 Å². The fraction of sp³-hybridized carbons (Fsp3) is 0.154. The molecule has 7 heteroatoms. The Kier molecular flexibility index (Phi) is 2.52. The number of imidazole rings is 1. The first-order chi connectivity index (χ1) is 9.63. The van der Waals surface area contributed by atoms with Crippen molar-refractivity contribution in [2.24, 2.45) is 0 Å². The van der Waals surface area contributed by atoms with Crippen molar-refractivity contribution >= 4 is 27.5 Å². The predicted molar refractivity (Wildman–Crippen MR) is 79.1 cm³/mol. The number of rotatable bonds is 0. The van der Waals surface area contributed by atoms with Gasteiger partial charge >= 0.3 is 0 Å². The molecule has 3 aromatic rings. The first-order valence-corrected chi connectivity index (χ1v) is 7.24. The van der Waals surface area contributed by atoms with Crippen molar-refractivity contribution < 1.29 is 0 Å². The molecule has 1 aliphatic rings. The molecule has 0 spiro atoms. The molecule has 1 aliphatic heterocycles. The monoisotopic (exact) mass is 349 g/mol. The van der Waals surface area contributed by atoms with E-state index in [1.54, 1.807) is 6.33 Å². The fourth-order valence-corrected chi connectivity index (χ4v) is 3.06. The van der Waals surface area contributed by atoms with Crippen LogP contribution in [0.2, 0.25) is 5.15 Å². The van der Waals surface area contributed by atoms with E-state index in [4.69, 9.17) is 11.6 Å². The Morgan fingerprint density at radius 2 is 2.20 bits per heavy atom. The minimum Gasteiger partial charge on any atom is -0.299 e. The molecule has 0 unspecified atom stereocenters. The highest BCUT2D eigenvalue weighted by atomic mass is 79.9. The van der Waals surface area contributed by atoms with Crippen LogP contribution in [0.1, 0.15) is 11.5 Å². The van der Waals surface area contributed by atoms with E-state index in [-0.39, 0.29) is 0 Å². The van der Waals surface area contributed by atoms with Crippen LogP contribution in [0.5, 0.6) is 0 Å². The van der Waals surface area contributed by atoms with Gasteiger partial charge in [0.2, 0.25) is 0 Å². The first kappa shape index (κ1) is 12.1. The molecule has 0 bridgehead atoms. The van der Waals surface area contributed by atoms with E-state index in [9.17, 15) is 0 Å². The predicted octanol–water partition coefficient (Wildman–Crippen LogP) is 3.22. The highest BCUT2D eigenvalue weighted by Crippen LogP contribution is 2.34. The molecule has 0 N–H and O–H groups in total. The molecule has 20 heavy (non-hydrogen) atoms. The second-order valence-corrected chi connectivity index (χ2v) is 5.93. The Balaban J connectivity index is 2.12. The summed E-state index contributed by atoms with van der Waals surface area (Å²) in [7, 11) is 0. The summed E-state index contributed by atoms with van der Waals surface area (Å²) in [4.78, 5) is 8.74. The molecule has 0 amide bonds. The van der Waals surface area contributed by atoms with Crippen LogP contribution in [0.4, 0.5) is 0 Å². The summed E-state index contributed by atoms with van der Waals surface area (Å²) in [6, 6.07) is 6.06. The number of halogens is 2. The van der Waals surface area contributed by atoms with Crippen LogP contribution in [-0.4, -0.2) is 24.3 Å². The highest BCUT2D eigenvalue weighted by molar-refractivity contribution is 9.10. The van der Waals surface area contributed by atoms with E-state index in [1.165, 1.54) is 0 Å². The third-order valence-electron chi connectivity index (χ3n) is 3.35. The molecule has 100 valence electrons. The van der Waals surface area contributed by atoms with Gasteiger partial charge in [-0.05, 0) is 25.1 Å². The summed E-state index contributed by atoms with van der Waals surface area (Å²) in [6.07, 6.45) is 1.74. The summed E-state index contributed by atoms with van der Waals surface area (Å²) in [5.74, 6) is 1.59. The first-order valence-electron chi connectivity index (χ1n) is 6.07. The summed E-state index contributed by atoms with van der Waals surface area (Å²) < 4.78 is 4.86. The van der Waals surface area contributed by atoms with Gasteiger partial charge in [-0.25, -0.2) is 14.6 Å². The van der Waals surface area contributed by atoms with Gasteiger partial charge in [0.1, 0.15) is 12.2 Å². The number of aryl methyl sites for hydroxylation is 1. The fourth-order valence-electron chi connectivity index (χ4n) is 2.51. The van der Waals surface area contributed by atoms with Crippen LogP contribution >= 0.6 is 27.5 Å². The van der Waals surface area contributed by atoms with Crippen molar-refractivity contribution in [3.8, 4) is 17.1 Å². The number of aromatic nitrogens is 5. The third kappa shape index (κ3) is 1.65. The second-order valence-electron chi connectivity index (χ2n) is 4.65. The zero-order valence-corrected chi connectivity index (χ0v) is 12.9. The summed E-state index contributed by atoms with van der Waals surface area (Å²) >= 11 is 9.71. The van der Waals surface area contributed by atoms with Crippen molar-refractivity contribution in [2.75, 3.05) is 0 Å². The standard InChI is InChI=1S/C13H9BrClN5/c1-7-17-13-9-4-8(14)2-3-10(9)19-6-16-12(15)11(19)5-20(13)18-7/h2-4,6H,5H2,1H3. The largest absolute Gasteiger partial charge is 0.299 e. The minimum absolute atomic E-state index is 0.500. The molecule has 3 heterocycles. The number of nitrogens with zero attached hydrogens (tertiary/aromatic N) is 5. The lowest BCUT2D eigenvalue weighted by Crippen LogP contribution is -2.04. The number of fused-ring (bicyclic) bond motifs is 5. The molecule has 0 fully saturated rings. The maximum absolute atomic E-state index is 6.20. The summed E-state index contributed by atoms with van der Waals surface area (Å²) in [5.41, 5.74) is 2.93. The van der Waals surface area contributed by atoms with Gasteiger partial charge in [-0.2, -0.15) is 5.10 Å². The van der Waals surface area contributed by atoms with E-state index in [0.29, 0.717) is 11.7 Å². The van der Waals surface area contributed by atoms with Crippen LogP contribution in [-0.2, 0) is 6.54 Å². The lowest BCUT2D eigenvalue weighted by Gasteiger charge is -2.08. The highest BCUT2D eigenvalue weighted by Gasteiger charge is 2.23. The minimum atomic E-state index is 0.500. The van der Waals surface area contributed by atoms with E-state index < -0.39 is 0 Å². The number of benzene rings is 1. The van der Waals surface area contributed by atoms with E-state index in [1.807, 2.05) is 34.4 Å². The average molecular weight is 351 g/mol. The van der Waals surface area contributed by atoms with Crippen molar-refractivity contribution in [2.45, 2.75) is 13.5 Å². The molecule has 2 aromatic heterocycles. The number of hydrogen-bond donors (Lipinski definition) is 0. The Hall–Kier alpha value is -1.66. The molecule has 0 radical (unpaired) electrons. The molecule has 0 atom stereocenters. The Labute approximate surface area is 128 Å². The van der Waals surface area contributed by atoms with E-state index in [0.717, 1.165) is 33.1 Å². The van der Waals surface area contributed by atoms with Gasteiger partial charge in [-0.1, -0.05) is 27.5 Å². The van der Waals surface area contributed by atoms with Crippen LogP contribution in [0, 0.1) is 6.92 Å². The molecule has 1 aromatic carbocycles. The SMILES string of the molecule is Cc1nc2n(n1)Cc1c(Cl)ncn1-c1ccc(Br)cc1-2. The Bertz CT molecular complexity index is 835. The molecular weight excluding hydrogens is 342 g/mol. The molecule has 0 aliphatic carbocycles. The van der Waals surface area contributed by atoms with Crippen molar-refractivity contribution in [1.29, 1.82) is 0 Å². The van der Waals surface area contributed by atoms with Crippen molar-refractivity contribution in [3.05, 3.63) is 45.7 Å². The maximum atomic E-state index is 6.20. The van der Waals surface area contributed by atoms with Gasteiger partial charge in [0.25, 0.3) is 0 Å². The van der Waals surface area contributed by atoms with E-state index in [2.05, 4.69) is 31.0 Å². The van der Waals surface area contributed by atoms with Crippen LogP contribution in [0.25, 0.3) is 17.1 Å². The number of hydrogen-bond acceptors (Lipinski definition) is 3. The molecule has 0 saturated carbocycles. The molecular formula is C13H9BrClN5. The zero-order valence-electron chi connectivity index (χ0n) is 10.5. The average Bonchev–Trinajstić information content (AvgIpc) is 2.92. The second kappa shape index (κ2) is 4.17. The van der Waals surface area contributed by atoms with Gasteiger partial charge in [0.05, 0.1) is 17.9 Å². The third-order valence-corrected chi connectivity index (χ3v) is 4.16. The molecule has 5 nitrogen and oxygen atoms in total. The maximum Gasteiger partial charge on any atom is 0.160 e. The smallest absolute Gasteiger partial charge is 0.160 e. The lowest BCUT2D eigenvalue weighted by atomic mass is 10.1. The molecule has 4 rings (SSSR count). The van der Waals surface area contributed by atoms with Crippen molar-refractivity contribution in [1.82, 2.24) is 24.3 Å². The quantitative estimate of drug-likeness (QED) is 0.489. The van der Waals surface area contributed by atoms with Crippen LogP contribution < -0.4 is 0 Å². The normalized spacial score (nSPS) is 12.6. The summed E-state index contributed by atoms with van der Waals surface area (Å²) in [5, 5.41) is 4.95.